The van der Waals surface area contributed by atoms with Crippen molar-refractivity contribution in [1.82, 2.24) is 10.6 Å². The first-order valence-corrected chi connectivity index (χ1v) is 6.60. The molecule has 0 aliphatic carbocycles. The third-order valence-electron chi connectivity index (χ3n) is 3.06. The van der Waals surface area contributed by atoms with E-state index in [4.69, 9.17) is 0 Å². The highest BCUT2D eigenvalue weighted by Crippen LogP contribution is 2.17. The fourth-order valence-electron chi connectivity index (χ4n) is 2.06. The number of hydrogen-bond donors (Lipinski definition) is 2. The van der Waals surface area contributed by atoms with Gasteiger partial charge in [0.25, 0.3) is 0 Å². The van der Waals surface area contributed by atoms with Crippen molar-refractivity contribution in [2.45, 2.75) is 31.7 Å². The zero-order valence-electron chi connectivity index (χ0n) is 9.58. The molecule has 0 spiro atoms. The maximum absolute atomic E-state index is 11.9. The van der Waals surface area contributed by atoms with Gasteiger partial charge in [-0.25, -0.2) is 0 Å². The Morgan fingerprint density at radius 1 is 1.56 bits per heavy atom. The third-order valence-corrected chi connectivity index (χ3v) is 3.94. The van der Waals surface area contributed by atoms with Crippen molar-refractivity contribution in [1.29, 1.82) is 0 Å². The van der Waals surface area contributed by atoms with E-state index in [2.05, 4.69) is 17.6 Å². The van der Waals surface area contributed by atoms with Gasteiger partial charge >= 0.3 is 0 Å². The summed E-state index contributed by atoms with van der Waals surface area (Å²) in [5.74, 6) is 0.145. The van der Waals surface area contributed by atoms with Crippen molar-refractivity contribution in [3.63, 3.8) is 0 Å². The fraction of sp³-hybridized carbons (Fsp3) is 0.583. The first kappa shape index (κ1) is 11.6. The van der Waals surface area contributed by atoms with E-state index in [1.807, 2.05) is 17.5 Å². The van der Waals surface area contributed by atoms with Gasteiger partial charge in [-0.1, -0.05) is 6.07 Å². The van der Waals surface area contributed by atoms with Gasteiger partial charge in [0.05, 0.1) is 6.42 Å². The van der Waals surface area contributed by atoms with Gasteiger partial charge in [-0.2, -0.15) is 0 Å². The molecule has 1 saturated heterocycles. The molecule has 0 atom stereocenters. The smallest absolute Gasteiger partial charge is 0.225 e. The monoisotopic (exact) mass is 238 g/mol. The Bertz CT molecular complexity index is 342. The number of carbonyl (C=O) groups excluding carboxylic acids is 1. The van der Waals surface area contributed by atoms with E-state index in [0.717, 1.165) is 30.8 Å². The average Bonchev–Trinajstić information content (AvgIpc) is 2.70. The lowest BCUT2D eigenvalue weighted by Gasteiger charge is -2.35. The van der Waals surface area contributed by atoms with E-state index >= 15 is 0 Å². The Hall–Kier alpha value is -0.870. The molecule has 88 valence electrons. The summed E-state index contributed by atoms with van der Waals surface area (Å²) >= 11 is 1.64. The molecule has 2 heterocycles. The zero-order valence-corrected chi connectivity index (χ0v) is 10.4. The highest BCUT2D eigenvalue weighted by atomic mass is 32.1. The summed E-state index contributed by atoms with van der Waals surface area (Å²) in [7, 11) is 0. The largest absolute Gasteiger partial charge is 0.351 e. The van der Waals surface area contributed by atoms with E-state index in [1.54, 1.807) is 11.3 Å². The predicted molar refractivity (Wildman–Crippen MR) is 66.7 cm³/mol. The van der Waals surface area contributed by atoms with Crippen LogP contribution in [0.4, 0.5) is 0 Å². The van der Waals surface area contributed by atoms with E-state index in [9.17, 15) is 4.79 Å². The van der Waals surface area contributed by atoms with E-state index in [-0.39, 0.29) is 11.4 Å². The van der Waals surface area contributed by atoms with Crippen molar-refractivity contribution < 1.29 is 4.79 Å². The van der Waals surface area contributed by atoms with Gasteiger partial charge in [0, 0.05) is 10.4 Å². The first-order chi connectivity index (χ1) is 7.68. The van der Waals surface area contributed by atoms with Gasteiger partial charge in [-0.3, -0.25) is 4.79 Å². The second-order valence-corrected chi connectivity index (χ2v) is 5.65. The van der Waals surface area contributed by atoms with E-state index in [1.165, 1.54) is 0 Å². The molecule has 4 heteroatoms. The Balaban J connectivity index is 1.86. The van der Waals surface area contributed by atoms with Crippen LogP contribution < -0.4 is 10.6 Å². The molecular formula is C12H18N2OS. The minimum atomic E-state index is -0.0143. The molecule has 1 aliphatic heterocycles. The Morgan fingerprint density at radius 3 is 2.94 bits per heavy atom. The van der Waals surface area contributed by atoms with Crippen LogP contribution in [0.25, 0.3) is 0 Å². The molecular weight excluding hydrogens is 220 g/mol. The minimum Gasteiger partial charge on any atom is -0.351 e. The Morgan fingerprint density at radius 2 is 2.31 bits per heavy atom. The van der Waals surface area contributed by atoms with Crippen LogP contribution in [-0.4, -0.2) is 24.5 Å². The number of nitrogens with one attached hydrogen (secondary N) is 2. The summed E-state index contributed by atoms with van der Waals surface area (Å²) in [4.78, 5) is 13.0. The van der Waals surface area contributed by atoms with Gasteiger partial charge in [-0.05, 0) is 44.3 Å². The average molecular weight is 238 g/mol. The van der Waals surface area contributed by atoms with Crippen LogP contribution in [0.15, 0.2) is 17.5 Å². The topological polar surface area (TPSA) is 41.1 Å². The molecule has 0 saturated carbocycles. The molecule has 0 aromatic carbocycles. The summed E-state index contributed by atoms with van der Waals surface area (Å²) in [5.41, 5.74) is -0.0143. The number of carbonyl (C=O) groups is 1. The first-order valence-electron chi connectivity index (χ1n) is 5.72. The molecule has 16 heavy (non-hydrogen) atoms. The van der Waals surface area contributed by atoms with Crippen LogP contribution in [0.3, 0.4) is 0 Å². The SMILES string of the molecule is CC1(NC(=O)Cc2cccs2)CCNCC1. The normalized spacial score (nSPS) is 19.3. The molecule has 0 unspecified atom stereocenters. The highest BCUT2D eigenvalue weighted by Gasteiger charge is 2.28. The van der Waals surface area contributed by atoms with E-state index in [0.29, 0.717) is 6.42 Å². The molecule has 1 aliphatic rings. The van der Waals surface area contributed by atoms with Crippen LogP contribution >= 0.6 is 11.3 Å². The van der Waals surface area contributed by atoms with Gasteiger partial charge in [0.1, 0.15) is 0 Å². The van der Waals surface area contributed by atoms with Crippen LogP contribution in [0.1, 0.15) is 24.6 Å². The fourth-order valence-corrected chi connectivity index (χ4v) is 2.76. The maximum atomic E-state index is 11.9. The molecule has 0 bridgehead atoms. The standard InChI is InChI=1S/C12H18N2OS/c1-12(4-6-13-7-5-12)14-11(15)9-10-3-2-8-16-10/h2-3,8,13H,4-7,9H2,1H3,(H,14,15). The van der Waals surface area contributed by atoms with Crippen molar-refractivity contribution in [2.75, 3.05) is 13.1 Å². The molecule has 1 fully saturated rings. The van der Waals surface area contributed by atoms with Gasteiger partial charge < -0.3 is 10.6 Å². The summed E-state index contributed by atoms with van der Waals surface area (Å²) in [6, 6.07) is 3.99. The number of amides is 1. The van der Waals surface area contributed by atoms with E-state index < -0.39 is 0 Å². The highest BCUT2D eigenvalue weighted by molar-refractivity contribution is 7.10. The van der Waals surface area contributed by atoms with Crippen molar-refractivity contribution in [3.05, 3.63) is 22.4 Å². The Kier molecular flexibility index (Phi) is 3.61. The molecule has 3 nitrogen and oxygen atoms in total. The predicted octanol–water partition coefficient (Wildman–Crippen LogP) is 1.55. The van der Waals surface area contributed by atoms with Gasteiger partial charge in [0.2, 0.25) is 5.91 Å². The van der Waals surface area contributed by atoms with Crippen molar-refractivity contribution >= 4 is 17.2 Å². The number of rotatable bonds is 3. The third kappa shape index (κ3) is 3.06. The van der Waals surface area contributed by atoms with Crippen LogP contribution in [0.5, 0.6) is 0 Å². The van der Waals surface area contributed by atoms with Crippen LogP contribution in [0, 0.1) is 0 Å². The molecule has 1 amide bonds. The van der Waals surface area contributed by atoms with Crippen LogP contribution in [0.2, 0.25) is 0 Å². The van der Waals surface area contributed by atoms with Gasteiger partial charge in [-0.15, -0.1) is 11.3 Å². The second-order valence-electron chi connectivity index (χ2n) is 4.61. The minimum absolute atomic E-state index is 0.0143. The molecule has 0 radical (unpaired) electrons. The van der Waals surface area contributed by atoms with Crippen LogP contribution in [-0.2, 0) is 11.2 Å². The molecule has 1 aromatic rings. The second kappa shape index (κ2) is 4.97. The lowest BCUT2D eigenvalue weighted by Crippen LogP contribution is -2.52. The summed E-state index contributed by atoms with van der Waals surface area (Å²) in [6.07, 6.45) is 2.55. The summed E-state index contributed by atoms with van der Waals surface area (Å²) < 4.78 is 0. The van der Waals surface area contributed by atoms with Gasteiger partial charge in [0.15, 0.2) is 0 Å². The summed E-state index contributed by atoms with van der Waals surface area (Å²) in [5, 5.41) is 8.48. The molecule has 2 rings (SSSR count). The molecule has 2 N–H and O–H groups in total. The lowest BCUT2D eigenvalue weighted by atomic mass is 9.90. The number of thiophene rings is 1. The quantitative estimate of drug-likeness (QED) is 0.839. The maximum Gasteiger partial charge on any atom is 0.225 e. The van der Waals surface area contributed by atoms with Crippen molar-refractivity contribution in [2.24, 2.45) is 0 Å². The zero-order chi connectivity index (χ0) is 11.4. The molecule has 1 aromatic heterocycles. The number of piperidine rings is 1. The number of hydrogen-bond acceptors (Lipinski definition) is 3. The lowest BCUT2D eigenvalue weighted by molar-refractivity contribution is -0.122. The Labute approximate surface area is 100 Å². The van der Waals surface area contributed by atoms with Crippen molar-refractivity contribution in [3.8, 4) is 0 Å². The summed E-state index contributed by atoms with van der Waals surface area (Å²) in [6.45, 7) is 4.13.